The summed E-state index contributed by atoms with van der Waals surface area (Å²) in [5.74, 6) is -2.21. The summed E-state index contributed by atoms with van der Waals surface area (Å²) >= 11 is 0. The number of benzene rings is 1. The van der Waals surface area contributed by atoms with Gasteiger partial charge in [-0.25, -0.2) is 0 Å². The van der Waals surface area contributed by atoms with Crippen molar-refractivity contribution in [1.82, 2.24) is 5.32 Å². The summed E-state index contributed by atoms with van der Waals surface area (Å²) in [7, 11) is 0. The van der Waals surface area contributed by atoms with Gasteiger partial charge in [-0.15, -0.1) is 0 Å². The number of nitro benzene ring substituents is 2. The van der Waals surface area contributed by atoms with Crippen molar-refractivity contribution in [2.45, 2.75) is 19.9 Å². The largest absolute Gasteiger partial charge is 0.480 e. The molecule has 0 saturated heterocycles. The van der Waals surface area contributed by atoms with Crippen LogP contribution in [0, 0.1) is 26.1 Å². The standard InChI is InChI=1S/C13H16N4O7/c1-7(2)12(13(20)14-6-11(18)19)15-9-4-3-8(16(21)22)5-10(9)17(23)24/h3-5,7,12,15H,6H2,1-2H3,(H,14,20)(H,18,19). The Morgan fingerprint density at radius 2 is 1.83 bits per heavy atom. The SMILES string of the molecule is CC(C)C(Nc1ccc([N+](=O)[O-])cc1[N+](=O)[O-])C(=O)NCC(=O)O. The number of nitrogens with zero attached hydrogens (tertiary/aromatic N) is 2. The second kappa shape index (κ2) is 7.85. The molecule has 0 aliphatic heterocycles. The maximum absolute atomic E-state index is 12.0. The molecule has 11 nitrogen and oxygen atoms in total. The Morgan fingerprint density at radius 3 is 2.29 bits per heavy atom. The van der Waals surface area contributed by atoms with Crippen molar-refractivity contribution in [2.75, 3.05) is 11.9 Å². The van der Waals surface area contributed by atoms with Gasteiger partial charge in [-0.2, -0.15) is 0 Å². The Kier molecular flexibility index (Phi) is 6.15. The van der Waals surface area contributed by atoms with Crippen LogP contribution in [-0.2, 0) is 9.59 Å². The lowest BCUT2D eigenvalue weighted by Crippen LogP contribution is -2.44. The fraction of sp³-hybridized carbons (Fsp3) is 0.385. The van der Waals surface area contributed by atoms with E-state index in [-0.39, 0.29) is 11.6 Å². The molecule has 1 rings (SSSR count). The highest BCUT2D eigenvalue weighted by molar-refractivity contribution is 5.88. The molecule has 0 bridgehead atoms. The first-order valence-corrected chi connectivity index (χ1v) is 6.82. The van der Waals surface area contributed by atoms with Gasteiger partial charge in [0, 0.05) is 6.07 Å². The van der Waals surface area contributed by atoms with Crippen LogP contribution in [0.4, 0.5) is 17.1 Å². The van der Waals surface area contributed by atoms with Crippen molar-refractivity contribution in [3.8, 4) is 0 Å². The molecule has 1 aromatic rings. The molecule has 1 aromatic carbocycles. The van der Waals surface area contributed by atoms with E-state index < -0.39 is 45.7 Å². The lowest BCUT2D eigenvalue weighted by Gasteiger charge is -2.22. The van der Waals surface area contributed by atoms with Crippen LogP contribution >= 0.6 is 0 Å². The maximum Gasteiger partial charge on any atom is 0.322 e. The van der Waals surface area contributed by atoms with Gasteiger partial charge in [-0.05, 0) is 12.0 Å². The topological polar surface area (TPSA) is 165 Å². The number of aliphatic carboxylic acids is 1. The molecule has 0 aliphatic rings. The minimum atomic E-state index is -1.23. The molecule has 0 aliphatic carbocycles. The number of rotatable bonds is 8. The summed E-state index contributed by atoms with van der Waals surface area (Å²) in [5.41, 5.74) is -1.08. The van der Waals surface area contributed by atoms with E-state index >= 15 is 0 Å². The average molecular weight is 340 g/mol. The quantitative estimate of drug-likeness (QED) is 0.468. The van der Waals surface area contributed by atoms with Crippen molar-refractivity contribution in [3.63, 3.8) is 0 Å². The monoisotopic (exact) mass is 340 g/mol. The summed E-state index contributed by atoms with van der Waals surface area (Å²) in [4.78, 5) is 42.8. The smallest absolute Gasteiger partial charge is 0.322 e. The molecule has 11 heteroatoms. The van der Waals surface area contributed by atoms with E-state index in [2.05, 4.69) is 10.6 Å². The maximum atomic E-state index is 12.0. The van der Waals surface area contributed by atoms with Crippen LogP contribution in [0.1, 0.15) is 13.8 Å². The molecule has 1 atom stereocenters. The fourth-order valence-corrected chi connectivity index (χ4v) is 1.88. The van der Waals surface area contributed by atoms with Gasteiger partial charge in [0.05, 0.1) is 15.9 Å². The van der Waals surface area contributed by atoms with Crippen molar-refractivity contribution >= 4 is 28.9 Å². The van der Waals surface area contributed by atoms with Gasteiger partial charge in [0.15, 0.2) is 0 Å². The predicted molar refractivity (Wildman–Crippen MR) is 82.6 cm³/mol. The van der Waals surface area contributed by atoms with Gasteiger partial charge in [0.1, 0.15) is 18.3 Å². The number of carbonyl (C=O) groups is 2. The number of carboxylic acids is 1. The Morgan fingerprint density at radius 1 is 1.21 bits per heavy atom. The van der Waals surface area contributed by atoms with Gasteiger partial charge >= 0.3 is 5.97 Å². The summed E-state index contributed by atoms with van der Waals surface area (Å²) in [5, 5.41) is 35.2. The van der Waals surface area contributed by atoms with Crippen molar-refractivity contribution in [2.24, 2.45) is 5.92 Å². The second-order valence-electron chi connectivity index (χ2n) is 5.19. The molecule has 0 spiro atoms. The van der Waals surface area contributed by atoms with Gasteiger partial charge in [0.2, 0.25) is 5.91 Å². The van der Waals surface area contributed by atoms with E-state index in [0.29, 0.717) is 0 Å². The number of amides is 1. The van der Waals surface area contributed by atoms with E-state index in [1.54, 1.807) is 13.8 Å². The third kappa shape index (κ3) is 4.90. The van der Waals surface area contributed by atoms with Crippen molar-refractivity contribution < 1.29 is 24.5 Å². The first-order chi connectivity index (χ1) is 11.1. The van der Waals surface area contributed by atoms with E-state index in [1.165, 1.54) is 0 Å². The van der Waals surface area contributed by atoms with Crippen LogP contribution in [0.15, 0.2) is 18.2 Å². The molecule has 0 saturated carbocycles. The molecule has 0 radical (unpaired) electrons. The summed E-state index contributed by atoms with van der Waals surface area (Å²) in [6, 6.07) is 2.04. The van der Waals surface area contributed by atoms with Crippen LogP contribution < -0.4 is 10.6 Å². The minimum absolute atomic E-state index is 0.0743. The summed E-state index contributed by atoms with van der Waals surface area (Å²) in [6.07, 6.45) is 0. The molecular weight excluding hydrogens is 324 g/mol. The number of anilines is 1. The molecule has 0 aromatic heterocycles. The zero-order chi connectivity index (χ0) is 18.4. The zero-order valence-corrected chi connectivity index (χ0v) is 12.9. The highest BCUT2D eigenvalue weighted by Gasteiger charge is 2.27. The van der Waals surface area contributed by atoms with Crippen LogP contribution in [0.5, 0.6) is 0 Å². The molecule has 3 N–H and O–H groups in total. The molecule has 1 unspecified atom stereocenters. The van der Waals surface area contributed by atoms with Crippen LogP contribution in [0.3, 0.4) is 0 Å². The molecular formula is C13H16N4O7. The minimum Gasteiger partial charge on any atom is -0.480 e. The van der Waals surface area contributed by atoms with Crippen molar-refractivity contribution in [3.05, 3.63) is 38.4 Å². The Hall–Kier alpha value is -3.24. The van der Waals surface area contributed by atoms with Crippen molar-refractivity contribution in [1.29, 1.82) is 0 Å². The van der Waals surface area contributed by atoms with Gasteiger partial charge in [0.25, 0.3) is 11.4 Å². The lowest BCUT2D eigenvalue weighted by molar-refractivity contribution is -0.393. The zero-order valence-electron chi connectivity index (χ0n) is 12.9. The highest BCUT2D eigenvalue weighted by atomic mass is 16.6. The number of nitro groups is 2. The predicted octanol–water partition coefficient (Wildman–Crippen LogP) is 1.14. The van der Waals surface area contributed by atoms with Crippen LogP contribution in [0.2, 0.25) is 0 Å². The Balaban J connectivity index is 3.10. The molecule has 130 valence electrons. The first kappa shape index (κ1) is 18.8. The normalized spacial score (nSPS) is 11.6. The molecule has 0 fully saturated rings. The van der Waals surface area contributed by atoms with E-state index in [4.69, 9.17) is 5.11 Å². The summed E-state index contributed by atoms with van der Waals surface area (Å²) in [6.45, 7) is 2.73. The number of carbonyl (C=O) groups excluding carboxylic acids is 1. The van der Waals surface area contributed by atoms with E-state index in [9.17, 15) is 29.8 Å². The Bertz CT molecular complexity index is 674. The molecule has 24 heavy (non-hydrogen) atoms. The number of non-ortho nitro benzene ring substituents is 1. The van der Waals surface area contributed by atoms with Gasteiger partial charge < -0.3 is 15.7 Å². The number of hydrogen-bond donors (Lipinski definition) is 3. The number of hydrogen-bond acceptors (Lipinski definition) is 7. The van der Waals surface area contributed by atoms with E-state index in [1.807, 2.05) is 0 Å². The number of carboxylic acid groups (broad SMARTS) is 1. The average Bonchev–Trinajstić information content (AvgIpc) is 2.49. The summed E-state index contributed by atoms with van der Waals surface area (Å²) < 4.78 is 0. The van der Waals surface area contributed by atoms with Crippen LogP contribution in [0.25, 0.3) is 0 Å². The lowest BCUT2D eigenvalue weighted by atomic mass is 10.0. The van der Waals surface area contributed by atoms with E-state index in [0.717, 1.165) is 18.2 Å². The van der Waals surface area contributed by atoms with Gasteiger partial charge in [-0.1, -0.05) is 13.8 Å². The Labute approximate surface area is 136 Å². The van der Waals surface area contributed by atoms with Crippen LogP contribution in [-0.4, -0.2) is 39.4 Å². The van der Waals surface area contributed by atoms with Gasteiger partial charge in [-0.3, -0.25) is 29.8 Å². The molecule has 1 amide bonds. The number of nitrogens with one attached hydrogen (secondary N) is 2. The second-order valence-corrected chi connectivity index (χ2v) is 5.19. The third-order valence-electron chi connectivity index (χ3n) is 3.06. The first-order valence-electron chi connectivity index (χ1n) is 6.82. The fourth-order valence-electron chi connectivity index (χ4n) is 1.88. The third-order valence-corrected chi connectivity index (χ3v) is 3.06. The molecule has 0 heterocycles. The highest BCUT2D eigenvalue weighted by Crippen LogP contribution is 2.30.